The number of benzene rings is 2. The van der Waals surface area contributed by atoms with Crippen molar-refractivity contribution in [2.45, 2.75) is 51.7 Å². The van der Waals surface area contributed by atoms with E-state index in [4.69, 9.17) is 10.5 Å². The van der Waals surface area contributed by atoms with Crippen molar-refractivity contribution < 1.29 is 4.74 Å². The van der Waals surface area contributed by atoms with Crippen molar-refractivity contribution in [3.63, 3.8) is 0 Å². The highest BCUT2D eigenvalue weighted by Gasteiger charge is 2.26. The Morgan fingerprint density at radius 2 is 1.82 bits per heavy atom. The highest BCUT2D eigenvalue weighted by Crippen LogP contribution is 2.42. The fourth-order valence-electron chi connectivity index (χ4n) is 2.79. The molecular formula is C20H25NO. The first kappa shape index (κ1) is 15.1. The Balaban J connectivity index is 1.70. The van der Waals surface area contributed by atoms with E-state index in [-0.39, 0.29) is 0 Å². The maximum absolute atomic E-state index is 5.99. The summed E-state index contributed by atoms with van der Waals surface area (Å²) in [6.07, 6.45) is 2.59. The van der Waals surface area contributed by atoms with Gasteiger partial charge in [0, 0.05) is 6.54 Å². The van der Waals surface area contributed by atoms with Crippen LogP contribution in [0, 0.1) is 0 Å². The molecule has 2 aromatic rings. The van der Waals surface area contributed by atoms with Crippen molar-refractivity contribution in [1.29, 1.82) is 0 Å². The van der Waals surface area contributed by atoms with Gasteiger partial charge in [0.15, 0.2) is 0 Å². The normalized spacial score (nSPS) is 14.4. The van der Waals surface area contributed by atoms with E-state index in [1.165, 1.54) is 35.1 Å². The van der Waals surface area contributed by atoms with Crippen LogP contribution in [0.25, 0.3) is 0 Å². The Morgan fingerprint density at radius 3 is 2.41 bits per heavy atom. The number of hydrogen-bond donors (Lipinski definition) is 1. The second-order valence-corrected chi connectivity index (χ2v) is 6.52. The van der Waals surface area contributed by atoms with Crippen LogP contribution in [-0.2, 0) is 13.2 Å². The summed E-state index contributed by atoms with van der Waals surface area (Å²) in [5.74, 6) is 2.21. The Labute approximate surface area is 133 Å². The number of rotatable bonds is 6. The fraction of sp³-hybridized carbons (Fsp3) is 0.400. The molecule has 1 aliphatic rings. The van der Waals surface area contributed by atoms with E-state index in [0.29, 0.717) is 25.0 Å². The SMILES string of the molecule is CC(C)c1ccc(OCc2ccc(CN)cc2C2CC2)cc1. The lowest BCUT2D eigenvalue weighted by molar-refractivity contribution is 0.305. The van der Waals surface area contributed by atoms with Crippen molar-refractivity contribution in [3.8, 4) is 5.75 Å². The summed E-state index contributed by atoms with van der Waals surface area (Å²) >= 11 is 0. The van der Waals surface area contributed by atoms with Crippen molar-refractivity contribution in [2.75, 3.05) is 0 Å². The minimum atomic E-state index is 0.555. The quantitative estimate of drug-likeness (QED) is 0.836. The van der Waals surface area contributed by atoms with E-state index in [1.54, 1.807) is 0 Å². The third-order valence-electron chi connectivity index (χ3n) is 4.40. The highest BCUT2D eigenvalue weighted by atomic mass is 16.5. The predicted molar refractivity (Wildman–Crippen MR) is 91.2 cm³/mol. The van der Waals surface area contributed by atoms with Crippen LogP contribution in [0.5, 0.6) is 5.75 Å². The van der Waals surface area contributed by atoms with E-state index in [9.17, 15) is 0 Å². The lowest BCUT2D eigenvalue weighted by atomic mass is 10.0. The minimum absolute atomic E-state index is 0.555. The summed E-state index contributed by atoms with van der Waals surface area (Å²) in [4.78, 5) is 0. The third-order valence-corrected chi connectivity index (χ3v) is 4.40. The van der Waals surface area contributed by atoms with Gasteiger partial charge >= 0.3 is 0 Å². The van der Waals surface area contributed by atoms with Gasteiger partial charge in [0.1, 0.15) is 12.4 Å². The second kappa shape index (κ2) is 6.53. The van der Waals surface area contributed by atoms with E-state index >= 15 is 0 Å². The van der Waals surface area contributed by atoms with Crippen LogP contribution in [0.3, 0.4) is 0 Å². The predicted octanol–water partition coefficient (Wildman–Crippen LogP) is 4.73. The van der Waals surface area contributed by atoms with Crippen LogP contribution in [-0.4, -0.2) is 0 Å². The van der Waals surface area contributed by atoms with Crippen LogP contribution in [0.1, 0.15) is 60.8 Å². The number of nitrogens with two attached hydrogens (primary N) is 1. The zero-order valence-electron chi connectivity index (χ0n) is 13.5. The molecule has 0 amide bonds. The summed E-state index contributed by atoms with van der Waals surface area (Å²) < 4.78 is 5.99. The molecule has 0 aromatic heterocycles. The van der Waals surface area contributed by atoms with Crippen LogP contribution in [0.15, 0.2) is 42.5 Å². The van der Waals surface area contributed by atoms with Gasteiger partial charge in [-0.1, -0.05) is 44.2 Å². The number of hydrogen-bond acceptors (Lipinski definition) is 2. The zero-order chi connectivity index (χ0) is 15.5. The molecule has 116 valence electrons. The van der Waals surface area contributed by atoms with Gasteiger partial charge in [-0.15, -0.1) is 0 Å². The van der Waals surface area contributed by atoms with Crippen LogP contribution >= 0.6 is 0 Å². The largest absolute Gasteiger partial charge is 0.489 e. The molecular weight excluding hydrogens is 270 g/mol. The summed E-state index contributed by atoms with van der Waals surface area (Å²) in [5.41, 5.74) is 11.1. The van der Waals surface area contributed by atoms with Crippen LogP contribution < -0.4 is 10.5 Å². The monoisotopic (exact) mass is 295 g/mol. The molecule has 0 heterocycles. The average molecular weight is 295 g/mol. The van der Waals surface area contributed by atoms with E-state index in [0.717, 1.165) is 5.75 Å². The molecule has 1 saturated carbocycles. The van der Waals surface area contributed by atoms with Crippen LogP contribution in [0.2, 0.25) is 0 Å². The van der Waals surface area contributed by atoms with E-state index in [2.05, 4.69) is 56.3 Å². The highest BCUT2D eigenvalue weighted by molar-refractivity contribution is 5.37. The molecule has 2 heteroatoms. The Bertz CT molecular complexity index is 627. The summed E-state index contributed by atoms with van der Waals surface area (Å²) in [6, 6.07) is 15.0. The van der Waals surface area contributed by atoms with Gasteiger partial charge in [0.05, 0.1) is 0 Å². The van der Waals surface area contributed by atoms with Crippen molar-refractivity contribution >= 4 is 0 Å². The fourth-order valence-corrected chi connectivity index (χ4v) is 2.79. The van der Waals surface area contributed by atoms with Gasteiger partial charge in [-0.2, -0.15) is 0 Å². The third kappa shape index (κ3) is 3.50. The molecule has 0 aliphatic heterocycles. The standard InChI is InChI=1S/C20H25NO/c1-14(2)16-7-9-19(10-8-16)22-13-18-4-3-15(12-21)11-20(18)17-5-6-17/h3-4,7-11,14,17H,5-6,12-13,21H2,1-2H3. The van der Waals surface area contributed by atoms with Crippen LogP contribution in [0.4, 0.5) is 0 Å². The lowest BCUT2D eigenvalue weighted by Gasteiger charge is -2.13. The smallest absolute Gasteiger partial charge is 0.119 e. The molecule has 3 rings (SSSR count). The van der Waals surface area contributed by atoms with Gasteiger partial charge in [-0.05, 0) is 59.1 Å². The first-order chi connectivity index (χ1) is 10.7. The molecule has 1 aliphatic carbocycles. The van der Waals surface area contributed by atoms with Gasteiger partial charge in [0.2, 0.25) is 0 Å². The molecule has 1 fully saturated rings. The minimum Gasteiger partial charge on any atom is -0.489 e. The maximum atomic E-state index is 5.99. The molecule has 0 unspecified atom stereocenters. The van der Waals surface area contributed by atoms with E-state index in [1.807, 2.05) is 0 Å². The first-order valence-electron chi connectivity index (χ1n) is 8.22. The Morgan fingerprint density at radius 1 is 1.09 bits per heavy atom. The summed E-state index contributed by atoms with van der Waals surface area (Å²) in [7, 11) is 0. The van der Waals surface area contributed by atoms with Gasteiger partial charge in [-0.25, -0.2) is 0 Å². The summed E-state index contributed by atoms with van der Waals surface area (Å²) in [6.45, 7) is 5.66. The first-order valence-corrected chi connectivity index (χ1v) is 8.22. The molecule has 2 N–H and O–H groups in total. The topological polar surface area (TPSA) is 35.2 Å². The number of ether oxygens (including phenoxy) is 1. The summed E-state index contributed by atoms with van der Waals surface area (Å²) in [5, 5.41) is 0. The van der Waals surface area contributed by atoms with Crippen molar-refractivity contribution in [2.24, 2.45) is 5.73 Å². The van der Waals surface area contributed by atoms with Crippen molar-refractivity contribution in [3.05, 3.63) is 64.7 Å². The molecule has 0 spiro atoms. The van der Waals surface area contributed by atoms with Crippen molar-refractivity contribution in [1.82, 2.24) is 0 Å². The Kier molecular flexibility index (Phi) is 4.49. The average Bonchev–Trinajstić information content (AvgIpc) is 3.38. The molecule has 2 nitrogen and oxygen atoms in total. The second-order valence-electron chi connectivity index (χ2n) is 6.52. The molecule has 0 saturated heterocycles. The lowest BCUT2D eigenvalue weighted by Crippen LogP contribution is -2.03. The molecule has 22 heavy (non-hydrogen) atoms. The zero-order valence-corrected chi connectivity index (χ0v) is 13.5. The maximum Gasteiger partial charge on any atom is 0.119 e. The molecule has 0 atom stereocenters. The molecule has 0 radical (unpaired) electrons. The van der Waals surface area contributed by atoms with E-state index < -0.39 is 0 Å². The Hall–Kier alpha value is -1.80. The van der Waals surface area contributed by atoms with Gasteiger partial charge in [0.25, 0.3) is 0 Å². The van der Waals surface area contributed by atoms with Gasteiger partial charge in [-0.3, -0.25) is 0 Å². The molecule has 2 aromatic carbocycles. The van der Waals surface area contributed by atoms with Gasteiger partial charge < -0.3 is 10.5 Å². The molecule has 0 bridgehead atoms.